The van der Waals surface area contributed by atoms with Crippen molar-refractivity contribution in [3.63, 3.8) is 0 Å². The maximum Gasteiger partial charge on any atom is 0.166 e. The van der Waals surface area contributed by atoms with Crippen LogP contribution in [-0.4, -0.2) is 19.0 Å². The number of halogens is 1. The maximum absolute atomic E-state index is 12.4. The number of methoxy groups -OCH3 is 1. The molecular formula is C16H21BrO2. The SMILES string of the molecule is COC(C(=O)Cc1cccc(Br)c1)C1CCCCC1. The first-order valence-corrected chi connectivity index (χ1v) is 7.80. The van der Waals surface area contributed by atoms with E-state index < -0.39 is 0 Å². The quantitative estimate of drug-likeness (QED) is 0.813. The molecule has 1 aliphatic carbocycles. The normalized spacial score (nSPS) is 18.2. The van der Waals surface area contributed by atoms with Crippen LogP contribution in [0.4, 0.5) is 0 Å². The van der Waals surface area contributed by atoms with Gasteiger partial charge >= 0.3 is 0 Å². The Hall–Kier alpha value is -0.670. The van der Waals surface area contributed by atoms with E-state index in [4.69, 9.17) is 4.74 Å². The highest BCUT2D eigenvalue weighted by Crippen LogP contribution is 2.28. The van der Waals surface area contributed by atoms with Gasteiger partial charge in [0.15, 0.2) is 5.78 Å². The van der Waals surface area contributed by atoms with Crippen LogP contribution in [0.3, 0.4) is 0 Å². The summed E-state index contributed by atoms with van der Waals surface area (Å²) < 4.78 is 6.51. The number of hydrogen-bond donors (Lipinski definition) is 0. The van der Waals surface area contributed by atoms with Gasteiger partial charge in [0.1, 0.15) is 6.10 Å². The van der Waals surface area contributed by atoms with Gasteiger partial charge in [0.25, 0.3) is 0 Å². The highest BCUT2D eigenvalue weighted by atomic mass is 79.9. The molecule has 1 atom stereocenters. The Bertz CT molecular complexity index is 425. The van der Waals surface area contributed by atoms with Crippen molar-refractivity contribution in [1.29, 1.82) is 0 Å². The molecule has 1 aliphatic rings. The lowest BCUT2D eigenvalue weighted by Gasteiger charge is -2.28. The Morgan fingerprint density at radius 3 is 2.74 bits per heavy atom. The van der Waals surface area contributed by atoms with E-state index >= 15 is 0 Å². The summed E-state index contributed by atoms with van der Waals surface area (Å²) in [6.45, 7) is 0. The minimum atomic E-state index is -0.223. The molecule has 3 heteroatoms. The first-order valence-electron chi connectivity index (χ1n) is 7.00. The second-order valence-corrected chi connectivity index (χ2v) is 6.24. The van der Waals surface area contributed by atoms with Crippen molar-refractivity contribution in [1.82, 2.24) is 0 Å². The second kappa shape index (κ2) is 7.20. The fraction of sp³-hybridized carbons (Fsp3) is 0.562. The van der Waals surface area contributed by atoms with E-state index in [1.54, 1.807) is 7.11 Å². The van der Waals surface area contributed by atoms with Crippen molar-refractivity contribution >= 4 is 21.7 Å². The van der Waals surface area contributed by atoms with Crippen LogP contribution in [0.1, 0.15) is 37.7 Å². The highest BCUT2D eigenvalue weighted by Gasteiger charge is 2.29. The molecular weight excluding hydrogens is 304 g/mol. The third-order valence-electron chi connectivity index (χ3n) is 3.92. The monoisotopic (exact) mass is 324 g/mol. The van der Waals surface area contributed by atoms with Crippen LogP contribution in [0.25, 0.3) is 0 Å². The van der Waals surface area contributed by atoms with Gasteiger partial charge in [-0.1, -0.05) is 47.3 Å². The molecule has 1 fully saturated rings. The molecule has 0 bridgehead atoms. The summed E-state index contributed by atoms with van der Waals surface area (Å²) in [5.41, 5.74) is 1.05. The minimum Gasteiger partial charge on any atom is -0.373 e. The van der Waals surface area contributed by atoms with Gasteiger partial charge in [0.2, 0.25) is 0 Å². The maximum atomic E-state index is 12.4. The molecule has 1 saturated carbocycles. The Balaban J connectivity index is 2.00. The Morgan fingerprint density at radius 2 is 2.11 bits per heavy atom. The zero-order valence-corrected chi connectivity index (χ0v) is 13.0. The number of rotatable bonds is 5. The third-order valence-corrected chi connectivity index (χ3v) is 4.41. The Morgan fingerprint density at radius 1 is 1.37 bits per heavy atom. The smallest absolute Gasteiger partial charge is 0.166 e. The fourth-order valence-electron chi connectivity index (χ4n) is 2.97. The van der Waals surface area contributed by atoms with Gasteiger partial charge in [-0.15, -0.1) is 0 Å². The number of benzene rings is 1. The van der Waals surface area contributed by atoms with E-state index in [0.717, 1.165) is 22.9 Å². The number of ether oxygens (including phenoxy) is 1. The van der Waals surface area contributed by atoms with E-state index in [9.17, 15) is 4.79 Å². The lowest BCUT2D eigenvalue weighted by molar-refractivity contribution is -0.132. The minimum absolute atomic E-state index is 0.215. The molecule has 0 amide bonds. The predicted molar refractivity (Wildman–Crippen MR) is 80.2 cm³/mol. The third kappa shape index (κ3) is 4.15. The first-order chi connectivity index (χ1) is 9.20. The topological polar surface area (TPSA) is 26.3 Å². The Labute approximate surface area is 123 Å². The standard InChI is InChI=1S/C16H21BrO2/c1-19-16(13-7-3-2-4-8-13)15(18)11-12-6-5-9-14(17)10-12/h5-6,9-10,13,16H,2-4,7-8,11H2,1H3. The molecule has 0 radical (unpaired) electrons. The Kier molecular flexibility index (Phi) is 5.59. The molecule has 2 rings (SSSR count). The zero-order valence-electron chi connectivity index (χ0n) is 11.4. The first kappa shape index (κ1) is 14.7. The van der Waals surface area contributed by atoms with E-state index in [0.29, 0.717) is 12.3 Å². The van der Waals surface area contributed by atoms with Crippen molar-refractivity contribution < 1.29 is 9.53 Å². The van der Waals surface area contributed by atoms with Gasteiger partial charge < -0.3 is 4.74 Å². The van der Waals surface area contributed by atoms with Crippen LogP contribution in [-0.2, 0) is 16.0 Å². The van der Waals surface area contributed by atoms with Crippen molar-refractivity contribution in [3.05, 3.63) is 34.3 Å². The summed E-state index contributed by atoms with van der Waals surface area (Å²) in [7, 11) is 1.66. The summed E-state index contributed by atoms with van der Waals surface area (Å²) in [5.74, 6) is 0.630. The van der Waals surface area contributed by atoms with Crippen LogP contribution < -0.4 is 0 Å². The molecule has 2 nitrogen and oxygen atoms in total. The van der Waals surface area contributed by atoms with Crippen molar-refractivity contribution in [2.45, 2.75) is 44.6 Å². The molecule has 1 aromatic rings. The van der Waals surface area contributed by atoms with Crippen LogP contribution in [0.5, 0.6) is 0 Å². The van der Waals surface area contributed by atoms with Gasteiger partial charge in [0.05, 0.1) is 0 Å². The molecule has 0 spiro atoms. The number of carbonyl (C=O) groups excluding carboxylic acids is 1. The second-order valence-electron chi connectivity index (χ2n) is 5.33. The van der Waals surface area contributed by atoms with Crippen LogP contribution in [0.15, 0.2) is 28.7 Å². The average molecular weight is 325 g/mol. The van der Waals surface area contributed by atoms with Crippen molar-refractivity contribution in [2.24, 2.45) is 5.92 Å². The summed E-state index contributed by atoms with van der Waals surface area (Å²) in [6.07, 6.45) is 6.26. The van der Waals surface area contributed by atoms with E-state index in [2.05, 4.69) is 15.9 Å². The molecule has 0 N–H and O–H groups in total. The summed E-state index contributed by atoms with van der Waals surface area (Å²) in [4.78, 5) is 12.4. The van der Waals surface area contributed by atoms with Gasteiger partial charge in [-0.25, -0.2) is 0 Å². The van der Waals surface area contributed by atoms with Gasteiger partial charge in [-0.3, -0.25) is 4.79 Å². The summed E-state index contributed by atoms with van der Waals surface area (Å²) in [5, 5.41) is 0. The number of ketones is 1. The largest absolute Gasteiger partial charge is 0.373 e. The molecule has 0 saturated heterocycles. The molecule has 104 valence electrons. The fourth-order valence-corrected chi connectivity index (χ4v) is 3.42. The molecule has 1 unspecified atom stereocenters. The lowest BCUT2D eigenvalue weighted by atomic mass is 9.82. The number of carbonyl (C=O) groups is 1. The van der Waals surface area contributed by atoms with Gasteiger partial charge in [-0.2, -0.15) is 0 Å². The summed E-state index contributed by atoms with van der Waals surface area (Å²) in [6, 6.07) is 7.94. The predicted octanol–water partition coefficient (Wildman–Crippen LogP) is 4.16. The lowest BCUT2D eigenvalue weighted by Crippen LogP contribution is -2.34. The molecule has 0 aromatic heterocycles. The van der Waals surface area contributed by atoms with E-state index in [1.165, 1.54) is 19.3 Å². The molecule has 1 aromatic carbocycles. The zero-order chi connectivity index (χ0) is 13.7. The van der Waals surface area contributed by atoms with E-state index in [1.807, 2.05) is 24.3 Å². The van der Waals surface area contributed by atoms with Gasteiger partial charge in [0, 0.05) is 18.0 Å². The number of Topliss-reactive ketones (excluding diaryl/α,β-unsaturated/α-hetero) is 1. The van der Waals surface area contributed by atoms with Gasteiger partial charge in [-0.05, 0) is 36.5 Å². The van der Waals surface area contributed by atoms with E-state index in [-0.39, 0.29) is 11.9 Å². The molecule has 19 heavy (non-hydrogen) atoms. The molecule has 0 aliphatic heterocycles. The number of hydrogen-bond acceptors (Lipinski definition) is 2. The van der Waals surface area contributed by atoms with Crippen LogP contribution in [0.2, 0.25) is 0 Å². The van der Waals surface area contributed by atoms with Crippen LogP contribution in [0, 0.1) is 5.92 Å². The van der Waals surface area contributed by atoms with Crippen molar-refractivity contribution in [3.8, 4) is 0 Å². The van der Waals surface area contributed by atoms with Crippen LogP contribution >= 0.6 is 15.9 Å². The highest BCUT2D eigenvalue weighted by molar-refractivity contribution is 9.10. The molecule has 0 heterocycles. The van der Waals surface area contributed by atoms with Crippen molar-refractivity contribution in [2.75, 3.05) is 7.11 Å². The average Bonchev–Trinajstić information content (AvgIpc) is 2.41. The summed E-state index contributed by atoms with van der Waals surface area (Å²) >= 11 is 3.44.